The predicted octanol–water partition coefficient (Wildman–Crippen LogP) is -0.420. The zero-order valence-corrected chi connectivity index (χ0v) is 6.72. The third kappa shape index (κ3) is 1.51. The number of hydrogen-bond donors (Lipinski definition) is 1. The minimum Gasteiger partial charge on any atom is -0.479 e. The Kier molecular flexibility index (Phi) is 1.68. The molecule has 0 aliphatic carbocycles. The first-order chi connectivity index (χ1) is 4.86. The highest BCUT2D eigenvalue weighted by Gasteiger charge is 2.45. The lowest BCUT2D eigenvalue weighted by molar-refractivity contribution is -0.152. The van der Waals surface area contributed by atoms with E-state index in [0.29, 0.717) is 0 Å². The van der Waals surface area contributed by atoms with Crippen LogP contribution in [-0.4, -0.2) is 30.8 Å². The van der Waals surface area contributed by atoms with Crippen molar-refractivity contribution in [1.29, 1.82) is 0 Å². The molecule has 0 aromatic rings. The quantitative estimate of drug-likeness (QED) is 0.554. The fourth-order valence-corrected chi connectivity index (χ4v) is 2.26. The molecule has 1 aliphatic heterocycles. The third-order valence-corrected chi connectivity index (χ3v) is 2.92. The van der Waals surface area contributed by atoms with Crippen molar-refractivity contribution in [2.24, 2.45) is 0 Å². The number of hydrogen-bond acceptors (Lipinski definition) is 4. The van der Waals surface area contributed by atoms with E-state index in [1.54, 1.807) is 0 Å². The van der Waals surface area contributed by atoms with Crippen LogP contribution in [0.1, 0.15) is 13.3 Å². The van der Waals surface area contributed by atoms with E-state index in [4.69, 9.17) is 5.11 Å². The molecule has 1 saturated heterocycles. The SMILES string of the molecule is CC1(C(=O)O)CCS(=O)(=O)O1. The molecule has 1 fully saturated rings. The van der Waals surface area contributed by atoms with Crippen molar-refractivity contribution >= 4 is 16.1 Å². The molecule has 5 nitrogen and oxygen atoms in total. The van der Waals surface area contributed by atoms with Crippen molar-refractivity contribution in [3.05, 3.63) is 0 Å². The Hall–Kier alpha value is -0.620. The molecule has 0 bridgehead atoms. The molecule has 0 aromatic heterocycles. The van der Waals surface area contributed by atoms with Crippen LogP contribution in [0.2, 0.25) is 0 Å². The topological polar surface area (TPSA) is 80.7 Å². The van der Waals surface area contributed by atoms with Gasteiger partial charge in [0, 0.05) is 6.42 Å². The molecular weight excluding hydrogens is 172 g/mol. The van der Waals surface area contributed by atoms with Gasteiger partial charge in [-0.2, -0.15) is 8.42 Å². The van der Waals surface area contributed by atoms with Crippen LogP contribution in [0.3, 0.4) is 0 Å². The second kappa shape index (κ2) is 2.18. The van der Waals surface area contributed by atoms with Crippen molar-refractivity contribution < 1.29 is 22.5 Å². The second-order valence-corrected chi connectivity index (χ2v) is 4.32. The molecule has 1 aliphatic rings. The highest BCUT2D eigenvalue weighted by atomic mass is 32.2. The molecule has 0 aromatic carbocycles. The maximum absolute atomic E-state index is 10.7. The number of carboxylic acid groups (broad SMARTS) is 1. The average Bonchev–Trinajstić information content (AvgIpc) is 2.08. The average molecular weight is 180 g/mol. The largest absolute Gasteiger partial charge is 0.479 e. The van der Waals surface area contributed by atoms with Crippen molar-refractivity contribution in [1.82, 2.24) is 0 Å². The van der Waals surface area contributed by atoms with E-state index < -0.39 is 21.7 Å². The number of aliphatic carboxylic acids is 1. The van der Waals surface area contributed by atoms with E-state index in [2.05, 4.69) is 4.18 Å². The highest BCUT2D eigenvalue weighted by molar-refractivity contribution is 7.87. The van der Waals surface area contributed by atoms with Gasteiger partial charge in [-0.05, 0) is 6.92 Å². The lowest BCUT2D eigenvalue weighted by Gasteiger charge is -2.13. The van der Waals surface area contributed by atoms with Crippen LogP contribution in [0.5, 0.6) is 0 Å². The Bertz CT molecular complexity index is 279. The summed E-state index contributed by atoms with van der Waals surface area (Å²) in [5, 5.41) is 8.52. The summed E-state index contributed by atoms with van der Waals surface area (Å²) in [7, 11) is -3.58. The van der Waals surface area contributed by atoms with Crippen molar-refractivity contribution in [2.45, 2.75) is 18.9 Å². The van der Waals surface area contributed by atoms with Gasteiger partial charge in [0.2, 0.25) is 0 Å². The maximum atomic E-state index is 10.7. The number of carbonyl (C=O) groups is 1. The summed E-state index contributed by atoms with van der Waals surface area (Å²) < 4.78 is 25.7. The highest BCUT2D eigenvalue weighted by Crippen LogP contribution is 2.27. The predicted molar refractivity (Wildman–Crippen MR) is 35.5 cm³/mol. The molecule has 1 rings (SSSR count). The first-order valence-corrected chi connectivity index (χ1v) is 4.60. The van der Waals surface area contributed by atoms with Gasteiger partial charge in [0.1, 0.15) is 0 Å². The summed E-state index contributed by atoms with van der Waals surface area (Å²) in [6.45, 7) is 1.25. The lowest BCUT2D eigenvalue weighted by Crippen LogP contribution is -2.34. The standard InChI is InChI=1S/C5H8O5S/c1-5(4(6)7)2-3-11(8,9)10-5/h2-3H2,1H3,(H,6,7). The van der Waals surface area contributed by atoms with Crippen LogP contribution in [0.15, 0.2) is 0 Å². The summed E-state index contributed by atoms with van der Waals surface area (Å²) in [5.74, 6) is -1.45. The van der Waals surface area contributed by atoms with E-state index in [0.717, 1.165) is 0 Å². The fourth-order valence-electron chi connectivity index (χ4n) is 0.826. The zero-order valence-electron chi connectivity index (χ0n) is 5.90. The molecule has 1 N–H and O–H groups in total. The van der Waals surface area contributed by atoms with Crippen LogP contribution in [0, 0.1) is 0 Å². The Morgan fingerprint density at radius 1 is 1.64 bits per heavy atom. The minimum absolute atomic E-state index is 0.0185. The van der Waals surface area contributed by atoms with Gasteiger partial charge >= 0.3 is 5.97 Å². The maximum Gasteiger partial charge on any atom is 0.337 e. The Balaban J connectivity index is 2.90. The summed E-state index contributed by atoms with van der Waals surface area (Å²) in [6, 6.07) is 0. The molecule has 0 radical (unpaired) electrons. The van der Waals surface area contributed by atoms with Gasteiger partial charge in [0.25, 0.3) is 10.1 Å². The van der Waals surface area contributed by atoms with E-state index in [-0.39, 0.29) is 12.2 Å². The summed E-state index contributed by atoms with van der Waals surface area (Å²) in [4.78, 5) is 10.4. The van der Waals surface area contributed by atoms with Crippen LogP contribution in [0.25, 0.3) is 0 Å². The molecule has 1 heterocycles. The lowest BCUT2D eigenvalue weighted by atomic mass is 10.1. The molecule has 0 saturated carbocycles. The van der Waals surface area contributed by atoms with Gasteiger partial charge < -0.3 is 5.11 Å². The number of carboxylic acids is 1. The van der Waals surface area contributed by atoms with Gasteiger partial charge in [-0.1, -0.05) is 0 Å². The van der Waals surface area contributed by atoms with Gasteiger partial charge in [0.05, 0.1) is 5.75 Å². The van der Waals surface area contributed by atoms with Gasteiger partial charge in [-0.3, -0.25) is 4.18 Å². The van der Waals surface area contributed by atoms with Gasteiger partial charge in [-0.25, -0.2) is 4.79 Å². The van der Waals surface area contributed by atoms with E-state index in [1.165, 1.54) is 6.92 Å². The van der Waals surface area contributed by atoms with Crippen LogP contribution in [0.4, 0.5) is 0 Å². The Morgan fingerprint density at radius 3 is 2.36 bits per heavy atom. The Labute approximate surface area is 64.1 Å². The van der Waals surface area contributed by atoms with Gasteiger partial charge in [0.15, 0.2) is 5.60 Å². The molecule has 11 heavy (non-hydrogen) atoms. The van der Waals surface area contributed by atoms with E-state index in [9.17, 15) is 13.2 Å². The normalized spacial score (nSPS) is 35.4. The smallest absolute Gasteiger partial charge is 0.337 e. The second-order valence-electron chi connectivity index (χ2n) is 2.63. The molecule has 64 valence electrons. The zero-order chi connectivity index (χ0) is 8.70. The van der Waals surface area contributed by atoms with Crippen LogP contribution in [-0.2, 0) is 19.1 Å². The van der Waals surface area contributed by atoms with E-state index in [1.807, 2.05) is 0 Å². The van der Waals surface area contributed by atoms with Crippen molar-refractivity contribution in [2.75, 3.05) is 5.75 Å². The fraction of sp³-hybridized carbons (Fsp3) is 0.800. The monoisotopic (exact) mass is 180 g/mol. The minimum atomic E-state index is -3.58. The summed E-state index contributed by atoms with van der Waals surface area (Å²) in [5.41, 5.74) is -1.54. The molecule has 6 heteroatoms. The summed E-state index contributed by atoms with van der Waals surface area (Å²) >= 11 is 0. The van der Waals surface area contributed by atoms with Crippen LogP contribution < -0.4 is 0 Å². The molecule has 1 atom stereocenters. The van der Waals surface area contributed by atoms with Gasteiger partial charge in [-0.15, -0.1) is 0 Å². The van der Waals surface area contributed by atoms with Crippen LogP contribution >= 0.6 is 0 Å². The first kappa shape index (κ1) is 8.48. The summed E-state index contributed by atoms with van der Waals surface area (Å²) in [6.07, 6.45) is 0.0185. The molecular formula is C5H8O5S. The van der Waals surface area contributed by atoms with E-state index >= 15 is 0 Å². The molecule has 1 unspecified atom stereocenters. The van der Waals surface area contributed by atoms with Crippen molar-refractivity contribution in [3.63, 3.8) is 0 Å². The molecule has 0 amide bonds. The first-order valence-electron chi connectivity index (χ1n) is 3.02. The third-order valence-electron chi connectivity index (χ3n) is 1.59. The van der Waals surface area contributed by atoms with Crippen molar-refractivity contribution in [3.8, 4) is 0 Å². The molecule has 0 spiro atoms. The number of rotatable bonds is 1. The Morgan fingerprint density at radius 2 is 2.18 bits per heavy atom.